The molecule has 1 atom stereocenters. The normalized spacial score (nSPS) is 15.9. The van der Waals surface area contributed by atoms with E-state index in [4.69, 9.17) is 4.74 Å². The predicted octanol–water partition coefficient (Wildman–Crippen LogP) is 1.88. The van der Waals surface area contributed by atoms with Crippen molar-refractivity contribution in [2.24, 2.45) is 0 Å². The molecule has 0 radical (unpaired) electrons. The molecule has 25 heavy (non-hydrogen) atoms. The molecule has 4 rings (SSSR count). The topological polar surface area (TPSA) is 92.8 Å². The van der Waals surface area contributed by atoms with Crippen LogP contribution in [0.5, 0.6) is 5.75 Å². The van der Waals surface area contributed by atoms with E-state index >= 15 is 0 Å². The van der Waals surface area contributed by atoms with Gasteiger partial charge in [0, 0.05) is 18.0 Å². The van der Waals surface area contributed by atoms with E-state index in [9.17, 15) is 4.79 Å². The number of amides is 1. The summed E-state index contributed by atoms with van der Waals surface area (Å²) in [4.78, 5) is 20.7. The molecule has 3 aromatic rings. The molecule has 126 valence electrons. The Hall–Kier alpha value is -3.22. The molecule has 0 aliphatic carbocycles. The molecule has 0 bridgehead atoms. The molecule has 1 aliphatic rings. The first kappa shape index (κ1) is 15.3. The van der Waals surface area contributed by atoms with E-state index in [0.29, 0.717) is 18.1 Å². The van der Waals surface area contributed by atoms with Crippen molar-refractivity contribution in [2.75, 3.05) is 0 Å². The molecular formula is C18H17N5O2. The molecule has 0 fully saturated rings. The predicted molar refractivity (Wildman–Crippen MR) is 90.6 cm³/mol. The van der Waals surface area contributed by atoms with Crippen LogP contribution in [0.1, 0.15) is 17.8 Å². The van der Waals surface area contributed by atoms with Crippen LogP contribution >= 0.6 is 0 Å². The highest BCUT2D eigenvalue weighted by Gasteiger charge is 2.25. The lowest BCUT2D eigenvalue weighted by molar-refractivity contribution is -0.128. The average molecular weight is 335 g/mol. The molecular weight excluding hydrogens is 318 g/mol. The molecule has 7 heteroatoms. The Labute approximate surface area is 144 Å². The zero-order valence-corrected chi connectivity index (χ0v) is 13.5. The van der Waals surface area contributed by atoms with E-state index < -0.39 is 6.10 Å². The highest BCUT2D eigenvalue weighted by Crippen LogP contribution is 2.27. The Morgan fingerprint density at radius 1 is 1.24 bits per heavy atom. The van der Waals surface area contributed by atoms with Gasteiger partial charge in [0.1, 0.15) is 11.6 Å². The standard InChI is InChI=1S/C18H17N5O2/c24-18(15-6-5-12-3-1-2-4-14(12)25-15)20-11-16-21-17(23-22-16)13-7-9-19-10-8-13/h1-4,7-10,15H,5-6,11H2,(H,20,24)(H,21,22,23). The van der Waals surface area contributed by atoms with Gasteiger partial charge in [0.05, 0.1) is 6.54 Å². The van der Waals surface area contributed by atoms with Gasteiger partial charge in [-0.25, -0.2) is 4.98 Å². The SMILES string of the molecule is O=C(NCc1nc(-c2ccncc2)n[nH]1)C1CCc2ccccc2O1. The van der Waals surface area contributed by atoms with Crippen LogP contribution in [-0.2, 0) is 17.8 Å². The van der Waals surface area contributed by atoms with Gasteiger partial charge in [-0.1, -0.05) is 18.2 Å². The number of carbonyl (C=O) groups excluding carboxylic acids is 1. The van der Waals surface area contributed by atoms with Gasteiger partial charge in [0.15, 0.2) is 11.9 Å². The van der Waals surface area contributed by atoms with Crippen LogP contribution < -0.4 is 10.1 Å². The molecule has 0 spiro atoms. The maximum Gasteiger partial charge on any atom is 0.261 e. The van der Waals surface area contributed by atoms with Gasteiger partial charge in [-0.3, -0.25) is 14.9 Å². The fourth-order valence-corrected chi connectivity index (χ4v) is 2.80. The minimum Gasteiger partial charge on any atom is -0.480 e. The Kier molecular flexibility index (Phi) is 4.12. The molecule has 2 N–H and O–H groups in total. The summed E-state index contributed by atoms with van der Waals surface area (Å²) in [7, 11) is 0. The maximum absolute atomic E-state index is 12.4. The number of aromatic amines is 1. The number of pyridine rings is 1. The summed E-state index contributed by atoms with van der Waals surface area (Å²) in [5.41, 5.74) is 2.01. The van der Waals surface area contributed by atoms with Gasteiger partial charge in [0.25, 0.3) is 5.91 Å². The van der Waals surface area contributed by atoms with Crippen molar-refractivity contribution in [1.82, 2.24) is 25.5 Å². The Bertz CT molecular complexity index is 878. The summed E-state index contributed by atoms with van der Waals surface area (Å²) in [6, 6.07) is 11.5. The Morgan fingerprint density at radius 2 is 2.08 bits per heavy atom. The van der Waals surface area contributed by atoms with E-state index in [2.05, 4.69) is 25.5 Å². The lowest BCUT2D eigenvalue weighted by atomic mass is 10.0. The molecule has 3 heterocycles. The Balaban J connectivity index is 1.36. The number of nitrogens with zero attached hydrogens (tertiary/aromatic N) is 3. The fourth-order valence-electron chi connectivity index (χ4n) is 2.80. The van der Waals surface area contributed by atoms with Gasteiger partial charge in [-0.15, -0.1) is 0 Å². The highest BCUT2D eigenvalue weighted by atomic mass is 16.5. The number of H-pyrrole nitrogens is 1. The van der Waals surface area contributed by atoms with Crippen LogP contribution in [0.15, 0.2) is 48.8 Å². The number of hydrogen-bond donors (Lipinski definition) is 2. The number of para-hydroxylation sites is 1. The third kappa shape index (κ3) is 3.35. The molecule has 7 nitrogen and oxygen atoms in total. The second-order valence-electron chi connectivity index (χ2n) is 5.81. The van der Waals surface area contributed by atoms with Crippen molar-refractivity contribution < 1.29 is 9.53 Å². The summed E-state index contributed by atoms with van der Waals surface area (Å²) < 4.78 is 5.79. The lowest BCUT2D eigenvalue weighted by Gasteiger charge is -2.25. The number of rotatable bonds is 4. The highest BCUT2D eigenvalue weighted by molar-refractivity contribution is 5.81. The van der Waals surface area contributed by atoms with Gasteiger partial charge in [-0.2, -0.15) is 5.10 Å². The summed E-state index contributed by atoms with van der Waals surface area (Å²) in [5, 5.41) is 9.86. The van der Waals surface area contributed by atoms with Crippen LogP contribution in [0.4, 0.5) is 0 Å². The molecule has 1 unspecified atom stereocenters. The lowest BCUT2D eigenvalue weighted by Crippen LogP contribution is -2.40. The minimum absolute atomic E-state index is 0.142. The third-order valence-corrected chi connectivity index (χ3v) is 4.11. The average Bonchev–Trinajstić information content (AvgIpc) is 3.15. The van der Waals surface area contributed by atoms with E-state index in [1.54, 1.807) is 12.4 Å². The van der Waals surface area contributed by atoms with Crippen LogP contribution in [-0.4, -0.2) is 32.2 Å². The number of aryl methyl sites for hydroxylation is 1. The fraction of sp³-hybridized carbons (Fsp3) is 0.222. The number of fused-ring (bicyclic) bond motifs is 1. The number of carbonyl (C=O) groups is 1. The third-order valence-electron chi connectivity index (χ3n) is 4.11. The largest absolute Gasteiger partial charge is 0.480 e. The Morgan fingerprint density at radius 3 is 2.96 bits per heavy atom. The van der Waals surface area contributed by atoms with Crippen LogP contribution in [0.25, 0.3) is 11.4 Å². The molecule has 2 aromatic heterocycles. The second-order valence-corrected chi connectivity index (χ2v) is 5.81. The first-order valence-corrected chi connectivity index (χ1v) is 8.13. The van der Waals surface area contributed by atoms with Crippen molar-refractivity contribution in [3.63, 3.8) is 0 Å². The molecule has 1 aliphatic heterocycles. The first-order valence-electron chi connectivity index (χ1n) is 8.13. The number of hydrogen-bond acceptors (Lipinski definition) is 5. The van der Waals surface area contributed by atoms with Crippen molar-refractivity contribution in [1.29, 1.82) is 0 Å². The van der Waals surface area contributed by atoms with Crippen LogP contribution in [0, 0.1) is 0 Å². The summed E-state index contributed by atoms with van der Waals surface area (Å²) in [5.74, 6) is 1.82. The van der Waals surface area contributed by atoms with E-state index in [1.165, 1.54) is 0 Å². The van der Waals surface area contributed by atoms with E-state index in [-0.39, 0.29) is 12.5 Å². The quantitative estimate of drug-likeness (QED) is 0.759. The van der Waals surface area contributed by atoms with Crippen LogP contribution in [0.3, 0.4) is 0 Å². The number of ether oxygens (including phenoxy) is 1. The molecule has 1 aromatic carbocycles. The van der Waals surface area contributed by atoms with Crippen molar-refractivity contribution in [2.45, 2.75) is 25.5 Å². The summed E-state index contributed by atoms with van der Waals surface area (Å²) >= 11 is 0. The number of benzene rings is 1. The van der Waals surface area contributed by atoms with Crippen molar-refractivity contribution in [3.8, 4) is 17.1 Å². The summed E-state index contributed by atoms with van der Waals surface area (Å²) in [6.07, 6.45) is 4.40. The van der Waals surface area contributed by atoms with Gasteiger partial charge in [-0.05, 0) is 36.6 Å². The first-order chi connectivity index (χ1) is 12.3. The summed E-state index contributed by atoms with van der Waals surface area (Å²) in [6.45, 7) is 0.276. The molecule has 0 saturated carbocycles. The number of aromatic nitrogens is 4. The van der Waals surface area contributed by atoms with Crippen molar-refractivity contribution >= 4 is 5.91 Å². The molecule has 1 amide bonds. The smallest absolute Gasteiger partial charge is 0.261 e. The van der Waals surface area contributed by atoms with Gasteiger partial charge < -0.3 is 10.1 Å². The zero-order valence-electron chi connectivity index (χ0n) is 13.5. The van der Waals surface area contributed by atoms with Gasteiger partial charge in [0.2, 0.25) is 0 Å². The second kappa shape index (κ2) is 6.72. The molecule has 0 saturated heterocycles. The van der Waals surface area contributed by atoms with Gasteiger partial charge >= 0.3 is 0 Å². The maximum atomic E-state index is 12.4. The monoisotopic (exact) mass is 335 g/mol. The van der Waals surface area contributed by atoms with E-state index in [1.807, 2.05) is 36.4 Å². The minimum atomic E-state index is -0.475. The van der Waals surface area contributed by atoms with Crippen LogP contribution in [0.2, 0.25) is 0 Å². The van der Waals surface area contributed by atoms with Crippen molar-refractivity contribution in [3.05, 3.63) is 60.2 Å². The zero-order chi connectivity index (χ0) is 17.1. The number of nitrogens with one attached hydrogen (secondary N) is 2. The van der Waals surface area contributed by atoms with E-state index in [0.717, 1.165) is 23.3 Å².